The zero-order chi connectivity index (χ0) is 25.4. The van der Waals surface area contributed by atoms with E-state index >= 15 is 0 Å². The second kappa shape index (κ2) is 9.14. The highest BCUT2D eigenvalue weighted by molar-refractivity contribution is 7.90. The second-order valence-electron chi connectivity index (χ2n) is 6.97. The molecule has 0 aliphatic heterocycles. The standard InChI is InChI=1S/C13H9ClF2N4O2S.C7H6F3N/c1-6-17-12-8(16)3-7(15)4-9(12)20(6)11-5-10(14)18-13(19-11)23(2,21)22;8-7(9,10)5-1-3-6(11)4-2-5/h3-5H,1-2H3;1-4H,11H2. The van der Waals surface area contributed by atoms with E-state index in [4.69, 9.17) is 17.3 Å². The lowest BCUT2D eigenvalue weighted by Crippen LogP contribution is -2.09. The molecular weight excluding hydrogens is 505 g/mol. The number of rotatable bonds is 2. The van der Waals surface area contributed by atoms with E-state index in [-0.39, 0.29) is 22.0 Å². The van der Waals surface area contributed by atoms with Crippen molar-refractivity contribution < 1.29 is 30.4 Å². The maximum Gasteiger partial charge on any atom is 0.416 e. The normalized spacial score (nSPS) is 11.9. The minimum Gasteiger partial charge on any atom is -0.399 e. The number of hydrogen-bond donors (Lipinski definition) is 1. The molecular formula is C20H15ClF5N5O2S. The van der Waals surface area contributed by atoms with E-state index in [0.29, 0.717) is 17.6 Å². The van der Waals surface area contributed by atoms with E-state index in [0.717, 1.165) is 24.5 Å². The predicted octanol–water partition coefficient (Wildman–Crippen LogP) is 4.75. The van der Waals surface area contributed by atoms with Gasteiger partial charge in [0.15, 0.2) is 5.82 Å². The summed E-state index contributed by atoms with van der Waals surface area (Å²) in [4.78, 5) is 11.6. The Bertz CT molecular complexity index is 1470. The number of fused-ring (bicyclic) bond motifs is 1. The van der Waals surface area contributed by atoms with Crippen molar-refractivity contribution >= 4 is 38.2 Å². The molecule has 0 spiro atoms. The summed E-state index contributed by atoms with van der Waals surface area (Å²) in [5.74, 6) is -1.28. The first kappa shape index (κ1) is 25.3. The largest absolute Gasteiger partial charge is 0.416 e. The molecule has 4 aromatic rings. The second-order valence-corrected chi connectivity index (χ2v) is 9.27. The fraction of sp³-hybridized carbons (Fsp3) is 0.150. The molecule has 0 bridgehead atoms. The van der Waals surface area contributed by atoms with Gasteiger partial charge in [-0.15, -0.1) is 0 Å². The summed E-state index contributed by atoms with van der Waals surface area (Å²) in [5.41, 5.74) is 4.91. The molecule has 180 valence electrons. The molecule has 0 radical (unpaired) electrons. The van der Waals surface area contributed by atoms with Crippen LogP contribution in [0.25, 0.3) is 16.9 Å². The highest BCUT2D eigenvalue weighted by Gasteiger charge is 2.29. The van der Waals surface area contributed by atoms with Gasteiger partial charge >= 0.3 is 6.18 Å². The lowest BCUT2D eigenvalue weighted by molar-refractivity contribution is -0.137. The van der Waals surface area contributed by atoms with Gasteiger partial charge in [0, 0.05) is 30.1 Å². The van der Waals surface area contributed by atoms with Crippen LogP contribution in [0.3, 0.4) is 0 Å². The van der Waals surface area contributed by atoms with E-state index < -0.39 is 38.4 Å². The van der Waals surface area contributed by atoms with Crippen molar-refractivity contribution in [1.82, 2.24) is 19.5 Å². The number of halogens is 6. The molecule has 0 atom stereocenters. The highest BCUT2D eigenvalue weighted by Crippen LogP contribution is 2.29. The Morgan fingerprint density at radius 3 is 2.18 bits per heavy atom. The number of anilines is 1. The number of imidazole rings is 1. The van der Waals surface area contributed by atoms with Crippen molar-refractivity contribution in [3.8, 4) is 5.82 Å². The van der Waals surface area contributed by atoms with E-state index in [1.165, 1.54) is 22.8 Å². The molecule has 0 saturated carbocycles. The van der Waals surface area contributed by atoms with E-state index in [1.807, 2.05) is 0 Å². The van der Waals surface area contributed by atoms with Gasteiger partial charge in [-0.05, 0) is 31.2 Å². The van der Waals surface area contributed by atoms with Gasteiger partial charge in [-0.1, -0.05) is 11.6 Å². The number of nitrogens with two attached hydrogens (primary N) is 1. The minimum absolute atomic E-state index is 0.0513. The predicted molar refractivity (Wildman–Crippen MR) is 115 cm³/mol. The molecule has 0 aliphatic rings. The number of hydrogen-bond acceptors (Lipinski definition) is 6. The lowest BCUT2D eigenvalue weighted by Gasteiger charge is -2.08. The molecule has 0 fully saturated rings. The van der Waals surface area contributed by atoms with Crippen LogP contribution in [0, 0.1) is 18.6 Å². The van der Waals surface area contributed by atoms with Crippen molar-refractivity contribution in [1.29, 1.82) is 0 Å². The third-order valence-corrected chi connectivity index (χ3v) is 5.35. The number of aryl methyl sites for hydroxylation is 1. The molecule has 4 rings (SSSR count). The first-order chi connectivity index (χ1) is 15.7. The van der Waals surface area contributed by atoms with Gasteiger partial charge in [-0.25, -0.2) is 32.2 Å². The zero-order valence-corrected chi connectivity index (χ0v) is 19.0. The fourth-order valence-corrected chi connectivity index (χ4v) is 3.60. The quantitative estimate of drug-likeness (QED) is 0.177. The first-order valence-electron chi connectivity index (χ1n) is 9.18. The zero-order valence-electron chi connectivity index (χ0n) is 17.4. The molecule has 0 amide bonds. The molecule has 2 aromatic heterocycles. The van der Waals surface area contributed by atoms with Gasteiger partial charge in [0.2, 0.25) is 15.0 Å². The SMILES string of the molecule is Cc1nc2c(F)cc(F)cc2n1-c1cc(Cl)nc(S(C)(=O)=O)n1.Nc1ccc(C(F)(F)F)cc1. The maximum absolute atomic E-state index is 13.8. The number of alkyl halides is 3. The van der Waals surface area contributed by atoms with Crippen LogP contribution in [0.4, 0.5) is 27.6 Å². The van der Waals surface area contributed by atoms with Crippen molar-refractivity contribution in [2.24, 2.45) is 0 Å². The Balaban J connectivity index is 0.000000248. The maximum atomic E-state index is 13.8. The number of sulfone groups is 1. The third kappa shape index (κ3) is 5.59. The topological polar surface area (TPSA) is 104 Å². The van der Waals surface area contributed by atoms with Gasteiger partial charge in [0.25, 0.3) is 0 Å². The van der Waals surface area contributed by atoms with Gasteiger partial charge in [-0.3, -0.25) is 4.57 Å². The highest BCUT2D eigenvalue weighted by atomic mass is 35.5. The first-order valence-corrected chi connectivity index (χ1v) is 11.5. The van der Waals surface area contributed by atoms with Gasteiger partial charge in [-0.2, -0.15) is 13.2 Å². The summed E-state index contributed by atoms with van der Waals surface area (Å²) in [6, 6.07) is 7.44. The molecule has 0 aliphatic carbocycles. The summed E-state index contributed by atoms with van der Waals surface area (Å²) in [6.45, 7) is 1.55. The van der Waals surface area contributed by atoms with Crippen LogP contribution in [0.15, 0.2) is 47.6 Å². The number of benzene rings is 2. The van der Waals surface area contributed by atoms with Crippen LogP contribution in [0.2, 0.25) is 5.15 Å². The molecule has 2 heterocycles. The molecule has 0 unspecified atom stereocenters. The van der Waals surface area contributed by atoms with Crippen LogP contribution in [0.1, 0.15) is 11.4 Å². The van der Waals surface area contributed by atoms with Crippen LogP contribution >= 0.6 is 11.6 Å². The molecule has 2 N–H and O–H groups in total. The Kier molecular flexibility index (Phi) is 6.80. The van der Waals surface area contributed by atoms with E-state index in [9.17, 15) is 30.4 Å². The van der Waals surface area contributed by atoms with Crippen LogP contribution in [0.5, 0.6) is 0 Å². The van der Waals surface area contributed by atoms with Gasteiger partial charge in [0.1, 0.15) is 28.1 Å². The van der Waals surface area contributed by atoms with E-state index in [2.05, 4.69) is 15.0 Å². The molecule has 34 heavy (non-hydrogen) atoms. The Labute approximate surface area is 195 Å². The average Bonchev–Trinajstić information content (AvgIpc) is 3.03. The monoisotopic (exact) mass is 519 g/mol. The Morgan fingerprint density at radius 2 is 1.62 bits per heavy atom. The van der Waals surface area contributed by atoms with Gasteiger partial charge in [0.05, 0.1) is 11.1 Å². The third-order valence-electron chi connectivity index (χ3n) is 4.31. The Morgan fingerprint density at radius 1 is 1.00 bits per heavy atom. The van der Waals surface area contributed by atoms with Crippen molar-refractivity contribution in [2.45, 2.75) is 18.3 Å². The molecule has 14 heteroatoms. The molecule has 2 aromatic carbocycles. The summed E-state index contributed by atoms with van der Waals surface area (Å²) in [5, 5.41) is -0.605. The van der Waals surface area contributed by atoms with Crippen molar-refractivity contribution in [3.05, 3.63) is 70.6 Å². The molecule has 7 nitrogen and oxygen atoms in total. The summed E-state index contributed by atoms with van der Waals surface area (Å²) >= 11 is 5.84. The smallest absolute Gasteiger partial charge is 0.399 e. The van der Waals surface area contributed by atoms with Crippen LogP contribution in [-0.2, 0) is 16.0 Å². The van der Waals surface area contributed by atoms with Gasteiger partial charge < -0.3 is 5.73 Å². The Hall–Kier alpha value is -3.32. The lowest BCUT2D eigenvalue weighted by atomic mass is 10.2. The van der Waals surface area contributed by atoms with E-state index in [1.54, 1.807) is 6.92 Å². The molecule has 0 saturated heterocycles. The van der Waals surface area contributed by atoms with Crippen LogP contribution in [-0.4, -0.2) is 34.2 Å². The number of aromatic nitrogens is 4. The van der Waals surface area contributed by atoms with Crippen molar-refractivity contribution in [3.63, 3.8) is 0 Å². The number of nitrogen functional groups attached to an aromatic ring is 1. The summed E-state index contributed by atoms with van der Waals surface area (Å²) in [7, 11) is -3.71. The van der Waals surface area contributed by atoms with Crippen molar-refractivity contribution in [2.75, 3.05) is 12.0 Å². The minimum atomic E-state index is -4.27. The summed E-state index contributed by atoms with van der Waals surface area (Å²) < 4.78 is 87.6. The summed E-state index contributed by atoms with van der Waals surface area (Å²) in [6.07, 6.45) is -3.34. The number of nitrogens with zero attached hydrogens (tertiary/aromatic N) is 4. The van der Waals surface area contributed by atoms with Crippen LogP contribution < -0.4 is 5.73 Å². The fourth-order valence-electron chi connectivity index (χ4n) is 2.85. The average molecular weight is 520 g/mol.